The Morgan fingerprint density at radius 2 is 0.763 bits per heavy atom. The summed E-state index contributed by atoms with van der Waals surface area (Å²) in [6.07, 6.45) is -3.18. The van der Waals surface area contributed by atoms with E-state index < -0.39 is 78.8 Å². The molecule has 330 valence electrons. The number of carbonyl (C=O) groups excluding carboxylic acids is 8. The van der Waals surface area contributed by atoms with Crippen LogP contribution >= 0.6 is 0 Å². The van der Waals surface area contributed by atoms with Crippen molar-refractivity contribution in [2.75, 3.05) is 39.6 Å². The molecule has 1 aliphatic rings. The minimum atomic E-state index is -1.41. The molecule has 0 spiro atoms. The average molecular weight is 837 g/mol. The number of hydrogen-bond donors (Lipinski definition) is 0. The van der Waals surface area contributed by atoms with Crippen molar-refractivity contribution in [2.45, 2.75) is 129 Å². The van der Waals surface area contributed by atoms with Crippen molar-refractivity contribution >= 4 is 47.8 Å². The van der Waals surface area contributed by atoms with Crippen LogP contribution in [0.25, 0.3) is 0 Å². The molecule has 0 bridgehead atoms. The minimum absolute atomic E-state index is 0.0292. The fraction of sp³-hybridized carbons (Fsp3) is 0.619. The van der Waals surface area contributed by atoms with Crippen LogP contribution in [0.1, 0.15) is 105 Å². The second-order valence-electron chi connectivity index (χ2n) is 14.0. The van der Waals surface area contributed by atoms with Gasteiger partial charge in [0, 0.05) is 48.0 Å². The molecule has 0 aliphatic carbocycles. The average Bonchev–Trinajstić information content (AvgIpc) is 3.17. The van der Waals surface area contributed by atoms with Crippen LogP contribution in [0.2, 0.25) is 0 Å². The molecule has 0 radical (unpaired) electrons. The van der Waals surface area contributed by atoms with Crippen LogP contribution in [0.5, 0.6) is 0 Å². The van der Waals surface area contributed by atoms with Gasteiger partial charge >= 0.3 is 47.8 Å². The molecular weight excluding hydrogens is 776 g/mol. The van der Waals surface area contributed by atoms with E-state index in [9.17, 15) is 38.4 Å². The van der Waals surface area contributed by atoms with Crippen molar-refractivity contribution in [3.05, 3.63) is 48.6 Å². The van der Waals surface area contributed by atoms with Crippen LogP contribution in [-0.4, -0.2) is 112 Å². The first-order valence-corrected chi connectivity index (χ1v) is 19.6. The zero-order valence-electron chi connectivity index (χ0n) is 34.8. The molecule has 0 aromatic heterocycles. The Bertz CT molecular complexity index is 1510. The SMILES string of the molecule is C=C(C)C(=O)OCCCCC(=O)OCC1OC[C@@H](OC(=O)CCCCOC(=O)C(=C)C)C(OC(=O)CCCCOC(=O)C(=C)C)[C@H]1OC(=O)CCCCOC(=O)C(=C)C. The molecule has 0 aromatic carbocycles. The van der Waals surface area contributed by atoms with Crippen LogP contribution in [0.15, 0.2) is 48.6 Å². The quantitative estimate of drug-likeness (QED) is 0.0427. The Labute approximate surface area is 345 Å². The predicted molar refractivity (Wildman–Crippen MR) is 209 cm³/mol. The lowest BCUT2D eigenvalue weighted by atomic mass is 9.99. The summed E-state index contributed by atoms with van der Waals surface area (Å²) < 4.78 is 48.9. The summed E-state index contributed by atoms with van der Waals surface area (Å²) in [6, 6.07) is 0. The molecule has 1 rings (SSSR count). The highest BCUT2D eigenvalue weighted by molar-refractivity contribution is 5.88. The van der Waals surface area contributed by atoms with E-state index >= 15 is 0 Å². The number of unbranched alkanes of at least 4 members (excludes halogenated alkanes) is 4. The molecule has 1 fully saturated rings. The number of ether oxygens (including phenoxy) is 9. The summed E-state index contributed by atoms with van der Waals surface area (Å²) >= 11 is 0. The largest absolute Gasteiger partial charge is 0.463 e. The molecular formula is C42H60O17. The van der Waals surface area contributed by atoms with Crippen LogP contribution in [0, 0.1) is 0 Å². The highest BCUT2D eigenvalue weighted by Gasteiger charge is 2.48. The van der Waals surface area contributed by atoms with Crippen molar-refractivity contribution in [1.82, 2.24) is 0 Å². The van der Waals surface area contributed by atoms with Crippen LogP contribution in [0.4, 0.5) is 0 Å². The van der Waals surface area contributed by atoms with Crippen molar-refractivity contribution < 1.29 is 81.0 Å². The number of rotatable bonds is 29. The fourth-order valence-electron chi connectivity index (χ4n) is 4.90. The van der Waals surface area contributed by atoms with E-state index in [2.05, 4.69) is 26.3 Å². The standard InChI is InChI=1S/C42H60O17/c1-27(2)39(47)51-21-13-9-17-33(43)56-25-31-37(58-35(45)19-11-15-23-53-41(49)29(5)6)38(59-36(46)20-12-16-24-54-42(50)30(7)8)32(26-55-31)57-34(44)18-10-14-22-52-40(48)28(3)4/h31-32,37-38H,1,3,5,7,9-26H2,2,4,6,8H3/t31?,32-,37+,38?/m1/s1. The van der Waals surface area contributed by atoms with Gasteiger partial charge in [0.05, 0.1) is 33.0 Å². The van der Waals surface area contributed by atoms with Gasteiger partial charge in [-0.3, -0.25) is 19.2 Å². The third-order valence-electron chi connectivity index (χ3n) is 8.19. The van der Waals surface area contributed by atoms with Crippen molar-refractivity contribution in [2.24, 2.45) is 0 Å². The summed E-state index contributed by atoms with van der Waals surface area (Å²) in [7, 11) is 0. The molecule has 59 heavy (non-hydrogen) atoms. The Morgan fingerprint density at radius 1 is 0.441 bits per heavy atom. The van der Waals surface area contributed by atoms with Gasteiger partial charge in [-0.2, -0.15) is 0 Å². The van der Waals surface area contributed by atoms with Crippen LogP contribution < -0.4 is 0 Å². The Kier molecular flexibility index (Phi) is 25.4. The molecule has 0 N–H and O–H groups in total. The molecule has 4 atom stereocenters. The topological polar surface area (TPSA) is 220 Å². The maximum atomic E-state index is 13.2. The smallest absolute Gasteiger partial charge is 0.333 e. The van der Waals surface area contributed by atoms with Crippen molar-refractivity contribution in [1.29, 1.82) is 0 Å². The second kappa shape index (κ2) is 29.0. The first kappa shape index (κ1) is 51.7. The fourth-order valence-corrected chi connectivity index (χ4v) is 4.90. The number of hydrogen-bond acceptors (Lipinski definition) is 17. The molecule has 0 amide bonds. The lowest BCUT2D eigenvalue weighted by molar-refractivity contribution is -0.233. The lowest BCUT2D eigenvalue weighted by Gasteiger charge is -2.40. The molecule has 17 heteroatoms. The summed E-state index contributed by atoms with van der Waals surface area (Å²) in [5.41, 5.74) is 0.936. The van der Waals surface area contributed by atoms with Gasteiger partial charge in [-0.05, 0) is 79.1 Å². The third kappa shape index (κ3) is 23.0. The molecule has 2 unspecified atom stereocenters. The van der Waals surface area contributed by atoms with E-state index in [-0.39, 0.29) is 100 Å². The molecule has 17 nitrogen and oxygen atoms in total. The maximum Gasteiger partial charge on any atom is 0.333 e. The summed E-state index contributed by atoms with van der Waals surface area (Å²) in [5, 5.41) is 0. The van der Waals surface area contributed by atoms with E-state index in [0.717, 1.165) is 0 Å². The molecule has 1 aliphatic heterocycles. The van der Waals surface area contributed by atoms with Crippen molar-refractivity contribution in [3.63, 3.8) is 0 Å². The normalized spacial score (nSPS) is 16.9. The van der Waals surface area contributed by atoms with Crippen LogP contribution in [-0.2, 0) is 81.0 Å². The van der Waals surface area contributed by atoms with Gasteiger partial charge in [0.2, 0.25) is 0 Å². The highest BCUT2D eigenvalue weighted by atomic mass is 16.7. The van der Waals surface area contributed by atoms with Gasteiger partial charge in [-0.15, -0.1) is 0 Å². The zero-order valence-corrected chi connectivity index (χ0v) is 34.8. The molecule has 1 saturated heterocycles. The first-order chi connectivity index (χ1) is 27.9. The van der Waals surface area contributed by atoms with E-state index in [4.69, 9.17) is 42.6 Å². The van der Waals surface area contributed by atoms with Gasteiger partial charge in [0.25, 0.3) is 0 Å². The predicted octanol–water partition coefficient (Wildman–Crippen LogP) is 4.82. The minimum Gasteiger partial charge on any atom is -0.463 e. The highest BCUT2D eigenvalue weighted by Crippen LogP contribution is 2.27. The molecule has 0 aromatic rings. The van der Waals surface area contributed by atoms with E-state index in [1.54, 1.807) is 0 Å². The summed E-state index contributed by atoms with van der Waals surface area (Å²) in [6.45, 7) is 19.5. The molecule has 1 heterocycles. The lowest BCUT2D eigenvalue weighted by Crippen LogP contribution is -2.59. The third-order valence-corrected chi connectivity index (χ3v) is 8.19. The van der Waals surface area contributed by atoms with Gasteiger partial charge in [-0.25, -0.2) is 19.2 Å². The van der Waals surface area contributed by atoms with Gasteiger partial charge in [0.1, 0.15) is 12.7 Å². The van der Waals surface area contributed by atoms with Gasteiger partial charge < -0.3 is 42.6 Å². The summed E-state index contributed by atoms with van der Waals surface area (Å²) in [4.78, 5) is 98.7. The van der Waals surface area contributed by atoms with Gasteiger partial charge in [-0.1, -0.05) is 26.3 Å². The Balaban J connectivity index is 3.13. The maximum absolute atomic E-state index is 13.2. The number of esters is 8. The zero-order chi connectivity index (χ0) is 44.3. The van der Waals surface area contributed by atoms with E-state index in [1.807, 2.05) is 0 Å². The monoisotopic (exact) mass is 836 g/mol. The van der Waals surface area contributed by atoms with Crippen molar-refractivity contribution in [3.8, 4) is 0 Å². The Morgan fingerprint density at radius 3 is 1.12 bits per heavy atom. The van der Waals surface area contributed by atoms with E-state index in [1.165, 1.54) is 27.7 Å². The Hall–Kier alpha value is -5.32. The summed E-state index contributed by atoms with van der Waals surface area (Å²) in [5.74, 6) is -5.05. The second-order valence-corrected chi connectivity index (χ2v) is 14.0. The molecule has 0 saturated carbocycles. The van der Waals surface area contributed by atoms with Gasteiger partial charge in [0.15, 0.2) is 18.3 Å². The van der Waals surface area contributed by atoms with Crippen LogP contribution in [0.3, 0.4) is 0 Å². The van der Waals surface area contributed by atoms with E-state index in [0.29, 0.717) is 32.1 Å². The first-order valence-electron chi connectivity index (χ1n) is 19.6. The number of carbonyl (C=O) groups is 8.